The fourth-order valence-corrected chi connectivity index (χ4v) is 3.39. The summed E-state index contributed by atoms with van der Waals surface area (Å²) < 4.78 is 16.3. The molecule has 1 unspecified atom stereocenters. The van der Waals surface area contributed by atoms with Gasteiger partial charge in [-0.15, -0.1) is 0 Å². The van der Waals surface area contributed by atoms with Gasteiger partial charge in [0.15, 0.2) is 0 Å². The second-order valence-corrected chi connectivity index (χ2v) is 6.91. The van der Waals surface area contributed by atoms with Crippen LogP contribution in [0.1, 0.15) is 18.5 Å². The summed E-state index contributed by atoms with van der Waals surface area (Å²) in [6.45, 7) is 1.91. The zero-order chi connectivity index (χ0) is 19.0. The molecule has 0 aliphatic heterocycles. The predicted octanol–water partition coefficient (Wildman–Crippen LogP) is 5.60. The van der Waals surface area contributed by atoms with Crippen LogP contribution in [-0.2, 0) is 7.05 Å². The van der Waals surface area contributed by atoms with Crippen LogP contribution in [0, 0.1) is 5.82 Å². The third-order valence-corrected chi connectivity index (χ3v) is 4.88. The van der Waals surface area contributed by atoms with E-state index in [1.54, 1.807) is 23.1 Å². The van der Waals surface area contributed by atoms with E-state index in [1.165, 1.54) is 6.07 Å². The lowest BCUT2D eigenvalue weighted by Gasteiger charge is -2.19. The first-order valence-corrected chi connectivity index (χ1v) is 8.99. The maximum absolute atomic E-state index is 14.6. The Hall–Kier alpha value is -2.92. The lowest BCUT2D eigenvalue weighted by molar-refractivity contribution is 0.600. The minimum absolute atomic E-state index is 0.267. The van der Waals surface area contributed by atoms with Gasteiger partial charge in [-0.25, -0.2) is 4.39 Å². The van der Waals surface area contributed by atoms with E-state index >= 15 is 0 Å². The van der Waals surface area contributed by atoms with Crippen molar-refractivity contribution < 1.29 is 4.39 Å². The van der Waals surface area contributed by atoms with Gasteiger partial charge in [-0.05, 0) is 30.7 Å². The van der Waals surface area contributed by atoms with Crippen LogP contribution in [0.5, 0.6) is 0 Å². The standard InChI is InChI=1S/C21H18ClFN4/c1-13(26-21-16-5-3-4-6-20(16)24-11-18(21)22)17-9-14(7-8-19(17)23)15-10-25-27(2)12-15/h3-13H,1-2H3,(H,24,26). The van der Waals surface area contributed by atoms with E-state index in [1.807, 2.05) is 50.5 Å². The molecule has 2 heterocycles. The molecule has 1 N–H and O–H groups in total. The summed E-state index contributed by atoms with van der Waals surface area (Å²) in [6.07, 6.45) is 5.28. The van der Waals surface area contributed by atoms with Gasteiger partial charge in [-0.2, -0.15) is 5.10 Å². The van der Waals surface area contributed by atoms with Crippen molar-refractivity contribution in [2.24, 2.45) is 7.05 Å². The average molecular weight is 381 g/mol. The molecule has 0 radical (unpaired) electrons. The average Bonchev–Trinajstić information content (AvgIpc) is 3.10. The number of hydrogen-bond donors (Lipinski definition) is 1. The third kappa shape index (κ3) is 3.38. The molecular weight excluding hydrogens is 363 g/mol. The van der Waals surface area contributed by atoms with E-state index in [2.05, 4.69) is 15.4 Å². The Morgan fingerprint density at radius 1 is 1.11 bits per heavy atom. The Balaban J connectivity index is 1.72. The van der Waals surface area contributed by atoms with Crippen molar-refractivity contribution in [1.29, 1.82) is 0 Å². The minimum Gasteiger partial charge on any atom is -0.377 e. The molecule has 0 amide bonds. The number of halogens is 2. The molecule has 0 saturated heterocycles. The summed E-state index contributed by atoms with van der Waals surface area (Å²) in [7, 11) is 1.86. The highest BCUT2D eigenvalue weighted by atomic mass is 35.5. The zero-order valence-corrected chi connectivity index (χ0v) is 15.7. The van der Waals surface area contributed by atoms with E-state index in [0.717, 1.165) is 27.7 Å². The molecule has 0 fully saturated rings. The van der Waals surface area contributed by atoms with Gasteiger partial charge in [0, 0.05) is 36.0 Å². The second kappa shape index (κ2) is 7.00. The molecule has 4 nitrogen and oxygen atoms in total. The molecule has 27 heavy (non-hydrogen) atoms. The molecule has 0 aliphatic rings. The number of benzene rings is 2. The van der Waals surface area contributed by atoms with Crippen LogP contribution < -0.4 is 5.32 Å². The number of nitrogens with one attached hydrogen (secondary N) is 1. The number of aryl methyl sites for hydroxylation is 1. The maximum Gasteiger partial charge on any atom is 0.128 e. The molecule has 136 valence electrons. The first-order valence-electron chi connectivity index (χ1n) is 8.61. The summed E-state index contributed by atoms with van der Waals surface area (Å²) in [5.74, 6) is -0.267. The first kappa shape index (κ1) is 17.5. The number of nitrogens with zero attached hydrogens (tertiary/aromatic N) is 3. The van der Waals surface area contributed by atoms with Gasteiger partial charge in [0.1, 0.15) is 5.82 Å². The lowest BCUT2D eigenvalue weighted by Crippen LogP contribution is -2.10. The number of pyridine rings is 1. The maximum atomic E-state index is 14.6. The molecular formula is C21H18ClFN4. The quantitative estimate of drug-likeness (QED) is 0.501. The molecule has 0 spiro atoms. The zero-order valence-electron chi connectivity index (χ0n) is 14.9. The number of aromatic nitrogens is 3. The van der Waals surface area contributed by atoms with Gasteiger partial charge in [-0.3, -0.25) is 9.67 Å². The van der Waals surface area contributed by atoms with Crippen molar-refractivity contribution in [1.82, 2.24) is 14.8 Å². The van der Waals surface area contributed by atoms with Crippen LogP contribution in [-0.4, -0.2) is 14.8 Å². The van der Waals surface area contributed by atoms with E-state index in [-0.39, 0.29) is 11.9 Å². The Morgan fingerprint density at radius 3 is 2.70 bits per heavy atom. The number of para-hydroxylation sites is 1. The number of anilines is 1. The van der Waals surface area contributed by atoms with Crippen molar-refractivity contribution in [2.45, 2.75) is 13.0 Å². The second-order valence-electron chi connectivity index (χ2n) is 6.50. The number of fused-ring (bicyclic) bond motifs is 1. The van der Waals surface area contributed by atoms with Crippen molar-refractivity contribution >= 4 is 28.2 Å². The fraction of sp³-hybridized carbons (Fsp3) is 0.143. The Morgan fingerprint density at radius 2 is 1.93 bits per heavy atom. The summed E-state index contributed by atoms with van der Waals surface area (Å²) in [5.41, 5.74) is 4.01. The smallest absolute Gasteiger partial charge is 0.128 e. The monoisotopic (exact) mass is 380 g/mol. The summed E-state index contributed by atoms with van der Waals surface area (Å²) in [5, 5.41) is 8.96. The fourth-order valence-electron chi connectivity index (χ4n) is 3.18. The molecule has 1 atom stereocenters. The third-order valence-electron chi connectivity index (χ3n) is 4.59. The Kier molecular flexibility index (Phi) is 4.54. The topological polar surface area (TPSA) is 42.7 Å². The largest absolute Gasteiger partial charge is 0.377 e. The van der Waals surface area contributed by atoms with Gasteiger partial charge in [-0.1, -0.05) is 35.9 Å². The van der Waals surface area contributed by atoms with Crippen LogP contribution in [0.3, 0.4) is 0 Å². The number of rotatable bonds is 4. The normalized spacial score (nSPS) is 12.3. The van der Waals surface area contributed by atoms with E-state index in [9.17, 15) is 4.39 Å². The molecule has 2 aromatic heterocycles. The highest BCUT2D eigenvalue weighted by Gasteiger charge is 2.16. The van der Waals surface area contributed by atoms with Crippen molar-refractivity contribution in [3.63, 3.8) is 0 Å². The van der Waals surface area contributed by atoms with Gasteiger partial charge < -0.3 is 5.32 Å². The van der Waals surface area contributed by atoms with Crippen LogP contribution in [0.25, 0.3) is 22.0 Å². The Labute approximate surface area is 161 Å². The first-order chi connectivity index (χ1) is 13.0. The van der Waals surface area contributed by atoms with Crippen molar-refractivity contribution in [3.05, 3.63) is 77.5 Å². The van der Waals surface area contributed by atoms with Crippen LogP contribution in [0.2, 0.25) is 5.02 Å². The molecule has 4 rings (SSSR count). The van der Waals surface area contributed by atoms with Crippen molar-refractivity contribution in [2.75, 3.05) is 5.32 Å². The molecule has 4 aromatic rings. The van der Waals surface area contributed by atoms with Crippen LogP contribution in [0.4, 0.5) is 10.1 Å². The SMILES string of the molecule is CC(Nc1c(Cl)cnc2ccccc12)c1cc(-c2cnn(C)c2)ccc1F. The van der Waals surface area contributed by atoms with E-state index < -0.39 is 0 Å². The van der Waals surface area contributed by atoms with E-state index in [4.69, 9.17) is 11.6 Å². The van der Waals surface area contributed by atoms with Gasteiger partial charge in [0.2, 0.25) is 0 Å². The van der Waals surface area contributed by atoms with Crippen LogP contribution in [0.15, 0.2) is 61.1 Å². The number of hydrogen-bond acceptors (Lipinski definition) is 3. The summed E-state index contributed by atoms with van der Waals surface area (Å²) >= 11 is 6.37. The van der Waals surface area contributed by atoms with E-state index in [0.29, 0.717) is 10.6 Å². The molecule has 6 heteroatoms. The minimum atomic E-state index is -0.287. The van der Waals surface area contributed by atoms with Gasteiger partial charge in [0.05, 0.1) is 28.5 Å². The lowest BCUT2D eigenvalue weighted by atomic mass is 10.0. The summed E-state index contributed by atoms with van der Waals surface area (Å²) in [4.78, 5) is 4.34. The molecule has 0 aliphatic carbocycles. The Bertz CT molecular complexity index is 1120. The van der Waals surface area contributed by atoms with Gasteiger partial charge >= 0.3 is 0 Å². The van der Waals surface area contributed by atoms with Gasteiger partial charge in [0.25, 0.3) is 0 Å². The predicted molar refractivity (Wildman–Crippen MR) is 107 cm³/mol. The highest BCUT2D eigenvalue weighted by Crippen LogP contribution is 2.34. The molecule has 0 bridgehead atoms. The molecule has 2 aromatic carbocycles. The van der Waals surface area contributed by atoms with Crippen molar-refractivity contribution in [3.8, 4) is 11.1 Å². The molecule has 0 saturated carbocycles. The summed E-state index contributed by atoms with van der Waals surface area (Å²) in [6, 6.07) is 12.5. The highest BCUT2D eigenvalue weighted by molar-refractivity contribution is 6.34. The van der Waals surface area contributed by atoms with Crippen LogP contribution >= 0.6 is 11.6 Å².